The Bertz CT molecular complexity index is 56.4. The fraction of sp³-hybridized carbons (Fsp3) is 1.00. The van der Waals surface area contributed by atoms with Crippen molar-refractivity contribution in [1.29, 1.82) is 0 Å². The van der Waals surface area contributed by atoms with Gasteiger partial charge in [0.2, 0.25) is 0 Å². The molecule has 0 saturated carbocycles. The van der Waals surface area contributed by atoms with E-state index in [1.54, 1.807) is 0 Å². The smallest absolute Gasteiger partial charge is 0.117 e. The van der Waals surface area contributed by atoms with Gasteiger partial charge in [-0.3, -0.25) is 0 Å². The Morgan fingerprint density at radius 1 is 1.75 bits per heavy atom. The van der Waals surface area contributed by atoms with E-state index in [1.165, 1.54) is 0 Å². The van der Waals surface area contributed by atoms with E-state index in [4.69, 9.17) is 10.8 Å². The molecule has 4 N–H and O–H groups in total. The van der Waals surface area contributed by atoms with Crippen molar-refractivity contribution < 1.29 is 5.11 Å². The molecule has 3 nitrogen and oxygen atoms in total. The average molecular weight is 118 g/mol. The molecule has 0 saturated heterocycles. The molecule has 0 heterocycles. The van der Waals surface area contributed by atoms with Crippen molar-refractivity contribution >= 4 is 0 Å². The molecule has 8 heavy (non-hydrogen) atoms. The first-order chi connectivity index (χ1) is 3.68. The second-order valence-corrected chi connectivity index (χ2v) is 1.84. The third kappa shape index (κ3) is 2.96. The quantitative estimate of drug-likeness (QED) is 0.428. The molecule has 0 radical (unpaired) electrons. The highest BCUT2D eigenvalue weighted by Gasteiger charge is 2.04. The summed E-state index contributed by atoms with van der Waals surface area (Å²) in [6.45, 7) is 4.66. The molecule has 0 aliphatic rings. The predicted octanol–water partition coefficient (Wildman–Crippen LogP) is -0.738. The van der Waals surface area contributed by atoms with E-state index in [0.717, 1.165) is 6.54 Å². The van der Waals surface area contributed by atoms with Crippen molar-refractivity contribution in [2.75, 3.05) is 6.54 Å². The number of rotatable bonds is 3. The number of nitrogens with one attached hydrogen (secondary N) is 1. The Labute approximate surface area is 49.9 Å². The maximum Gasteiger partial charge on any atom is 0.117 e. The van der Waals surface area contributed by atoms with Gasteiger partial charge in [-0.2, -0.15) is 0 Å². The second kappa shape index (κ2) is 3.83. The van der Waals surface area contributed by atoms with Gasteiger partial charge in [0.05, 0.1) is 0 Å². The largest absolute Gasteiger partial charge is 0.377 e. The monoisotopic (exact) mass is 118 g/mol. The molecule has 50 valence electrons. The Morgan fingerprint density at radius 2 is 2.25 bits per heavy atom. The van der Waals surface area contributed by atoms with Crippen LogP contribution in [0, 0.1) is 0 Å². The molecular formula is C5H14N2O. The zero-order valence-corrected chi connectivity index (χ0v) is 5.39. The molecule has 0 fully saturated rings. The van der Waals surface area contributed by atoms with Gasteiger partial charge in [-0.05, 0) is 13.5 Å². The SMILES string of the molecule is CCNC(C)C(N)O. The van der Waals surface area contributed by atoms with Crippen LogP contribution in [0.2, 0.25) is 0 Å². The van der Waals surface area contributed by atoms with Gasteiger partial charge in [-0.25, -0.2) is 0 Å². The predicted molar refractivity (Wildman–Crippen MR) is 33.3 cm³/mol. The van der Waals surface area contributed by atoms with Crippen LogP contribution < -0.4 is 11.1 Å². The molecule has 0 spiro atoms. The number of aliphatic hydroxyl groups excluding tert-OH is 1. The van der Waals surface area contributed by atoms with Crippen LogP contribution in [-0.4, -0.2) is 23.9 Å². The number of aliphatic hydroxyl groups is 1. The molecular weight excluding hydrogens is 104 g/mol. The summed E-state index contributed by atoms with van der Waals surface area (Å²) in [5, 5.41) is 11.6. The highest BCUT2D eigenvalue weighted by molar-refractivity contribution is 4.62. The maximum absolute atomic E-state index is 8.67. The standard InChI is InChI=1S/C5H14N2O/c1-3-7-4(2)5(6)8/h4-5,7-8H,3,6H2,1-2H3. The van der Waals surface area contributed by atoms with E-state index >= 15 is 0 Å². The Hall–Kier alpha value is -0.120. The van der Waals surface area contributed by atoms with Crippen LogP contribution in [-0.2, 0) is 0 Å². The molecule has 0 aliphatic heterocycles. The maximum atomic E-state index is 8.67. The molecule has 0 rings (SSSR count). The summed E-state index contributed by atoms with van der Waals surface area (Å²) < 4.78 is 0. The van der Waals surface area contributed by atoms with Crippen LogP contribution in [0.3, 0.4) is 0 Å². The summed E-state index contributed by atoms with van der Waals surface area (Å²) in [6, 6.07) is -0.000000000000000222. The molecule has 0 aliphatic carbocycles. The van der Waals surface area contributed by atoms with E-state index in [2.05, 4.69) is 5.32 Å². The van der Waals surface area contributed by atoms with Crippen LogP contribution in [0.25, 0.3) is 0 Å². The molecule has 0 aromatic carbocycles. The fourth-order valence-corrected chi connectivity index (χ4v) is 0.443. The number of hydrogen-bond acceptors (Lipinski definition) is 3. The van der Waals surface area contributed by atoms with E-state index in [1.807, 2.05) is 13.8 Å². The van der Waals surface area contributed by atoms with Gasteiger partial charge in [0.1, 0.15) is 6.23 Å². The van der Waals surface area contributed by atoms with Crippen molar-refractivity contribution in [2.45, 2.75) is 26.1 Å². The van der Waals surface area contributed by atoms with E-state index in [-0.39, 0.29) is 6.04 Å². The lowest BCUT2D eigenvalue weighted by Gasteiger charge is -2.13. The highest BCUT2D eigenvalue weighted by atomic mass is 16.3. The van der Waals surface area contributed by atoms with E-state index in [0.29, 0.717) is 0 Å². The van der Waals surface area contributed by atoms with Gasteiger partial charge in [-0.1, -0.05) is 6.92 Å². The topological polar surface area (TPSA) is 58.3 Å². The molecule has 2 atom stereocenters. The molecule has 2 unspecified atom stereocenters. The Balaban J connectivity index is 3.17. The van der Waals surface area contributed by atoms with Crippen molar-refractivity contribution in [3.8, 4) is 0 Å². The van der Waals surface area contributed by atoms with Gasteiger partial charge in [0.25, 0.3) is 0 Å². The van der Waals surface area contributed by atoms with E-state index < -0.39 is 6.23 Å². The molecule has 0 amide bonds. The first-order valence-electron chi connectivity index (χ1n) is 2.85. The minimum absolute atomic E-state index is 0.000000000000000222. The lowest BCUT2D eigenvalue weighted by molar-refractivity contribution is 0.142. The summed E-state index contributed by atoms with van der Waals surface area (Å²) in [4.78, 5) is 0. The van der Waals surface area contributed by atoms with Crippen LogP contribution in [0.4, 0.5) is 0 Å². The van der Waals surface area contributed by atoms with Gasteiger partial charge in [0.15, 0.2) is 0 Å². The Kier molecular flexibility index (Phi) is 3.77. The minimum atomic E-state index is -0.741. The zero-order chi connectivity index (χ0) is 6.57. The molecule has 0 aromatic heterocycles. The van der Waals surface area contributed by atoms with Crippen LogP contribution in [0.5, 0.6) is 0 Å². The normalized spacial score (nSPS) is 18.0. The van der Waals surface area contributed by atoms with Crippen LogP contribution in [0.1, 0.15) is 13.8 Å². The summed E-state index contributed by atoms with van der Waals surface area (Å²) in [5.74, 6) is 0. The summed E-state index contributed by atoms with van der Waals surface area (Å²) in [6.07, 6.45) is -0.741. The molecule has 0 bridgehead atoms. The highest BCUT2D eigenvalue weighted by Crippen LogP contribution is 1.81. The van der Waals surface area contributed by atoms with Gasteiger partial charge < -0.3 is 16.2 Å². The van der Waals surface area contributed by atoms with Crippen LogP contribution >= 0.6 is 0 Å². The third-order valence-corrected chi connectivity index (χ3v) is 1.04. The molecule has 3 heteroatoms. The van der Waals surface area contributed by atoms with Gasteiger partial charge in [0, 0.05) is 6.04 Å². The van der Waals surface area contributed by atoms with Crippen LogP contribution in [0.15, 0.2) is 0 Å². The van der Waals surface area contributed by atoms with Crippen molar-refractivity contribution in [3.63, 3.8) is 0 Å². The van der Waals surface area contributed by atoms with Gasteiger partial charge in [-0.15, -0.1) is 0 Å². The zero-order valence-electron chi connectivity index (χ0n) is 5.39. The third-order valence-electron chi connectivity index (χ3n) is 1.04. The number of nitrogens with two attached hydrogens (primary N) is 1. The fourth-order valence-electron chi connectivity index (χ4n) is 0.443. The Morgan fingerprint density at radius 3 is 2.38 bits per heavy atom. The van der Waals surface area contributed by atoms with Crippen molar-refractivity contribution in [2.24, 2.45) is 5.73 Å². The minimum Gasteiger partial charge on any atom is -0.377 e. The first kappa shape index (κ1) is 7.88. The second-order valence-electron chi connectivity index (χ2n) is 1.84. The first-order valence-corrected chi connectivity index (χ1v) is 2.85. The lowest BCUT2D eigenvalue weighted by atomic mass is 10.3. The summed E-state index contributed by atoms with van der Waals surface area (Å²) >= 11 is 0. The number of likely N-dealkylation sites (N-methyl/N-ethyl adjacent to an activating group) is 1. The van der Waals surface area contributed by atoms with Crippen molar-refractivity contribution in [1.82, 2.24) is 5.32 Å². The molecule has 0 aromatic rings. The lowest BCUT2D eigenvalue weighted by Crippen LogP contribution is -2.42. The van der Waals surface area contributed by atoms with Crippen molar-refractivity contribution in [3.05, 3.63) is 0 Å². The van der Waals surface area contributed by atoms with E-state index in [9.17, 15) is 0 Å². The summed E-state index contributed by atoms with van der Waals surface area (Å²) in [7, 11) is 0. The average Bonchev–Trinajstić information content (AvgIpc) is 1.67. The summed E-state index contributed by atoms with van der Waals surface area (Å²) in [5.41, 5.74) is 5.12. The number of hydrogen-bond donors (Lipinski definition) is 3. The van der Waals surface area contributed by atoms with Gasteiger partial charge >= 0.3 is 0 Å².